The molecule has 106 valence electrons. The lowest BCUT2D eigenvalue weighted by Gasteiger charge is -2.12. The van der Waals surface area contributed by atoms with E-state index in [0.29, 0.717) is 24.6 Å². The quantitative estimate of drug-likeness (QED) is 0.747. The maximum atomic E-state index is 12.4. The van der Waals surface area contributed by atoms with Gasteiger partial charge in [0.15, 0.2) is 5.78 Å². The Labute approximate surface area is 122 Å². The third kappa shape index (κ3) is 3.87. The molecule has 6 heteroatoms. The molecule has 1 fully saturated rings. The number of halogens is 1. The van der Waals surface area contributed by atoms with Crippen molar-refractivity contribution in [3.63, 3.8) is 0 Å². The van der Waals surface area contributed by atoms with Gasteiger partial charge >= 0.3 is 0 Å². The minimum absolute atomic E-state index is 0.152. The van der Waals surface area contributed by atoms with E-state index < -0.39 is 0 Å². The zero-order valence-corrected chi connectivity index (χ0v) is 13.0. The summed E-state index contributed by atoms with van der Waals surface area (Å²) < 4.78 is 7.90. The van der Waals surface area contributed by atoms with Crippen LogP contribution in [0.4, 0.5) is 0 Å². The average Bonchev–Trinajstić information content (AvgIpc) is 2.96. The van der Waals surface area contributed by atoms with Crippen molar-refractivity contribution in [2.45, 2.75) is 19.4 Å². The van der Waals surface area contributed by atoms with Gasteiger partial charge in [0.05, 0.1) is 17.2 Å². The van der Waals surface area contributed by atoms with Gasteiger partial charge in [0, 0.05) is 26.2 Å². The van der Waals surface area contributed by atoms with Crippen molar-refractivity contribution in [1.82, 2.24) is 14.7 Å². The van der Waals surface area contributed by atoms with Crippen LogP contribution in [0.15, 0.2) is 10.7 Å². The van der Waals surface area contributed by atoms with Crippen molar-refractivity contribution in [1.29, 1.82) is 0 Å². The standard InChI is InChI=1S/C13H20BrN3O2/c1-16(2)4-5-17-13(11(14)8-15-17)12(18)7-10-3-6-19-9-10/h8,10H,3-7,9H2,1-2H3. The highest BCUT2D eigenvalue weighted by atomic mass is 79.9. The largest absolute Gasteiger partial charge is 0.381 e. The second-order valence-electron chi connectivity index (χ2n) is 5.22. The molecule has 1 atom stereocenters. The van der Waals surface area contributed by atoms with E-state index in [9.17, 15) is 4.79 Å². The topological polar surface area (TPSA) is 47.4 Å². The fourth-order valence-electron chi connectivity index (χ4n) is 2.21. The summed E-state index contributed by atoms with van der Waals surface area (Å²) in [7, 11) is 4.02. The molecule has 1 aromatic rings. The minimum Gasteiger partial charge on any atom is -0.381 e. The van der Waals surface area contributed by atoms with Crippen molar-refractivity contribution in [2.75, 3.05) is 33.9 Å². The molecular formula is C13H20BrN3O2. The Morgan fingerprint density at radius 3 is 3.05 bits per heavy atom. The lowest BCUT2D eigenvalue weighted by molar-refractivity contribution is 0.0940. The molecule has 1 aliphatic rings. The van der Waals surface area contributed by atoms with Gasteiger partial charge in [0.2, 0.25) is 0 Å². The maximum absolute atomic E-state index is 12.4. The number of hydrogen-bond donors (Lipinski definition) is 0. The second kappa shape index (κ2) is 6.63. The molecule has 19 heavy (non-hydrogen) atoms. The smallest absolute Gasteiger partial charge is 0.182 e. The monoisotopic (exact) mass is 329 g/mol. The Bertz CT molecular complexity index is 439. The van der Waals surface area contributed by atoms with Crippen LogP contribution in [-0.2, 0) is 11.3 Å². The van der Waals surface area contributed by atoms with Gasteiger partial charge in [0.25, 0.3) is 0 Å². The van der Waals surface area contributed by atoms with Gasteiger partial charge in [-0.25, -0.2) is 0 Å². The zero-order chi connectivity index (χ0) is 13.8. The lowest BCUT2D eigenvalue weighted by Crippen LogP contribution is -2.22. The Balaban J connectivity index is 2.04. The number of ether oxygens (including phenoxy) is 1. The van der Waals surface area contributed by atoms with Gasteiger partial charge in [-0.05, 0) is 42.4 Å². The Kier molecular flexibility index (Phi) is 5.13. The zero-order valence-electron chi connectivity index (χ0n) is 11.4. The summed E-state index contributed by atoms with van der Waals surface area (Å²) in [5.74, 6) is 0.509. The maximum Gasteiger partial charge on any atom is 0.182 e. The van der Waals surface area contributed by atoms with Crippen molar-refractivity contribution in [3.8, 4) is 0 Å². The first kappa shape index (κ1) is 14.7. The number of likely N-dealkylation sites (N-methyl/N-ethyl adjacent to an activating group) is 1. The van der Waals surface area contributed by atoms with Crippen LogP contribution in [0.2, 0.25) is 0 Å². The van der Waals surface area contributed by atoms with E-state index in [2.05, 4.69) is 25.9 Å². The van der Waals surface area contributed by atoms with Crippen LogP contribution in [0.3, 0.4) is 0 Å². The van der Waals surface area contributed by atoms with Crippen LogP contribution in [0.1, 0.15) is 23.3 Å². The van der Waals surface area contributed by atoms with Gasteiger partial charge in [-0.15, -0.1) is 0 Å². The van der Waals surface area contributed by atoms with E-state index in [4.69, 9.17) is 4.74 Å². The number of hydrogen-bond acceptors (Lipinski definition) is 4. The summed E-state index contributed by atoms with van der Waals surface area (Å²) in [6.45, 7) is 3.07. The Morgan fingerprint density at radius 1 is 1.63 bits per heavy atom. The van der Waals surface area contributed by atoms with Crippen LogP contribution in [-0.4, -0.2) is 54.3 Å². The number of nitrogens with zero attached hydrogens (tertiary/aromatic N) is 3. The summed E-state index contributed by atoms with van der Waals surface area (Å²) in [5, 5.41) is 4.27. The molecule has 2 heterocycles. The molecule has 1 unspecified atom stereocenters. The number of carbonyl (C=O) groups excluding carboxylic acids is 1. The number of carbonyl (C=O) groups is 1. The number of Topliss-reactive ketones (excluding diaryl/α,β-unsaturated/α-hetero) is 1. The third-order valence-corrected chi connectivity index (χ3v) is 3.90. The molecule has 0 saturated carbocycles. The molecule has 0 aromatic carbocycles. The molecule has 1 aromatic heterocycles. The summed E-state index contributed by atoms with van der Waals surface area (Å²) in [6, 6.07) is 0. The number of aromatic nitrogens is 2. The number of rotatable bonds is 6. The van der Waals surface area contributed by atoms with Gasteiger partial charge in [-0.3, -0.25) is 9.48 Å². The summed E-state index contributed by atoms with van der Waals surface area (Å²) in [4.78, 5) is 14.5. The Hall–Kier alpha value is -0.720. The molecule has 0 spiro atoms. The van der Waals surface area contributed by atoms with Crippen LogP contribution < -0.4 is 0 Å². The fraction of sp³-hybridized carbons (Fsp3) is 0.692. The van der Waals surface area contributed by atoms with Gasteiger partial charge in [0.1, 0.15) is 5.69 Å². The number of ketones is 1. The first-order chi connectivity index (χ1) is 9.08. The van der Waals surface area contributed by atoms with Gasteiger partial charge < -0.3 is 9.64 Å². The van der Waals surface area contributed by atoms with Gasteiger partial charge in [-0.1, -0.05) is 0 Å². The molecule has 0 N–H and O–H groups in total. The van der Waals surface area contributed by atoms with Gasteiger partial charge in [-0.2, -0.15) is 5.10 Å². The van der Waals surface area contributed by atoms with Crippen LogP contribution in [0.25, 0.3) is 0 Å². The fourth-order valence-corrected chi connectivity index (χ4v) is 2.72. The highest BCUT2D eigenvalue weighted by Crippen LogP contribution is 2.23. The van der Waals surface area contributed by atoms with Crippen molar-refractivity contribution in [3.05, 3.63) is 16.4 Å². The van der Waals surface area contributed by atoms with Crippen molar-refractivity contribution in [2.24, 2.45) is 5.92 Å². The lowest BCUT2D eigenvalue weighted by atomic mass is 10.0. The average molecular weight is 330 g/mol. The SMILES string of the molecule is CN(C)CCn1ncc(Br)c1C(=O)CC1CCOC1. The highest BCUT2D eigenvalue weighted by Gasteiger charge is 2.23. The first-order valence-electron chi connectivity index (χ1n) is 6.55. The molecule has 0 radical (unpaired) electrons. The minimum atomic E-state index is 0.152. The highest BCUT2D eigenvalue weighted by molar-refractivity contribution is 9.10. The predicted molar refractivity (Wildman–Crippen MR) is 76.4 cm³/mol. The third-order valence-electron chi connectivity index (χ3n) is 3.32. The first-order valence-corrected chi connectivity index (χ1v) is 7.34. The van der Waals surface area contributed by atoms with Crippen LogP contribution >= 0.6 is 15.9 Å². The normalized spacial score (nSPS) is 19.3. The molecule has 0 amide bonds. The molecular weight excluding hydrogens is 310 g/mol. The van der Waals surface area contributed by atoms with E-state index >= 15 is 0 Å². The Morgan fingerprint density at radius 2 is 2.42 bits per heavy atom. The summed E-state index contributed by atoms with van der Waals surface area (Å²) in [6.07, 6.45) is 3.23. The predicted octanol–water partition coefficient (Wildman–Crippen LogP) is 1.82. The van der Waals surface area contributed by atoms with Crippen molar-refractivity contribution < 1.29 is 9.53 Å². The molecule has 1 saturated heterocycles. The molecule has 5 nitrogen and oxygen atoms in total. The molecule has 0 bridgehead atoms. The summed E-state index contributed by atoms with van der Waals surface area (Å²) in [5.41, 5.74) is 0.689. The van der Waals surface area contributed by atoms with Crippen LogP contribution in [0.5, 0.6) is 0 Å². The van der Waals surface area contributed by atoms with Crippen LogP contribution in [0, 0.1) is 5.92 Å². The van der Waals surface area contributed by atoms with E-state index in [1.807, 2.05) is 14.1 Å². The van der Waals surface area contributed by atoms with E-state index in [1.165, 1.54) is 0 Å². The summed E-state index contributed by atoms with van der Waals surface area (Å²) >= 11 is 3.43. The van der Waals surface area contributed by atoms with E-state index in [0.717, 1.165) is 30.6 Å². The second-order valence-corrected chi connectivity index (χ2v) is 6.08. The molecule has 0 aliphatic carbocycles. The van der Waals surface area contributed by atoms with E-state index in [1.54, 1.807) is 10.9 Å². The van der Waals surface area contributed by atoms with Crippen molar-refractivity contribution >= 4 is 21.7 Å². The molecule has 2 rings (SSSR count). The molecule has 1 aliphatic heterocycles. The van der Waals surface area contributed by atoms with E-state index in [-0.39, 0.29) is 5.78 Å².